The molecule has 1 aromatic carbocycles. The minimum absolute atomic E-state index is 0.0863. The largest absolute Gasteiger partial charge is 0.496 e. The smallest absolute Gasteiger partial charge is 0.240 e. The number of unbranched alkanes of at least 4 members (excludes halogenated alkanes) is 3. The summed E-state index contributed by atoms with van der Waals surface area (Å²) in [6, 6.07) is 3.46. The van der Waals surface area contributed by atoms with E-state index in [1.807, 2.05) is 0 Å². The van der Waals surface area contributed by atoms with Crippen LogP contribution in [0.2, 0.25) is 0 Å². The van der Waals surface area contributed by atoms with Gasteiger partial charge < -0.3 is 14.2 Å². The van der Waals surface area contributed by atoms with E-state index in [2.05, 4.69) is 17.5 Å². The van der Waals surface area contributed by atoms with Crippen molar-refractivity contribution in [2.75, 3.05) is 21.3 Å². The zero-order valence-electron chi connectivity index (χ0n) is 14.3. The predicted molar refractivity (Wildman–Crippen MR) is 90.6 cm³/mol. The fourth-order valence-corrected chi connectivity index (χ4v) is 2.10. The van der Waals surface area contributed by atoms with Gasteiger partial charge in [-0.05, 0) is 12.5 Å². The topological polar surface area (TPSA) is 69.2 Å². The van der Waals surface area contributed by atoms with Crippen LogP contribution < -0.4 is 19.6 Å². The zero-order chi connectivity index (χ0) is 17.1. The Balaban J connectivity index is 2.66. The van der Waals surface area contributed by atoms with E-state index in [0.29, 0.717) is 29.2 Å². The van der Waals surface area contributed by atoms with Gasteiger partial charge in [-0.3, -0.25) is 4.79 Å². The van der Waals surface area contributed by atoms with E-state index >= 15 is 0 Å². The monoisotopic (exact) mass is 322 g/mol. The Bertz CT molecular complexity index is 530. The molecule has 0 aliphatic rings. The average Bonchev–Trinajstić information content (AvgIpc) is 2.58. The lowest BCUT2D eigenvalue weighted by molar-refractivity contribution is -0.121. The third-order valence-electron chi connectivity index (χ3n) is 3.39. The van der Waals surface area contributed by atoms with Gasteiger partial charge in [-0.25, -0.2) is 5.43 Å². The average molecular weight is 322 g/mol. The molecule has 6 nitrogen and oxygen atoms in total. The number of hydrogen-bond donors (Lipinski definition) is 1. The number of hydrogen-bond acceptors (Lipinski definition) is 5. The minimum Gasteiger partial charge on any atom is -0.496 e. The third kappa shape index (κ3) is 6.18. The second-order valence-corrected chi connectivity index (χ2v) is 5.05. The molecule has 23 heavy (non-hydrogen) atoms. The van der Waals surface area contributed by atoms with Crippen molar-refractivity contribution in [3.8, 4) is 17.2 Å². The number of ether oxygens (including phenoxy) is 3. The fraction of sp³-hybridized carbons (Fsp3) is 0.529. The van der Waals surface area contributed by atoms with Crippen LogP contribution in [0.1, 0.15) is 44.6 Å². The van der Waals surface area contributed by atoms with Crippen LogP contribution in [0.5, 0.6) is 17.2 Å². The van der Waals surface area contributed by atoms with Crippen LogP contribution in [0.3, 0.4) is 0 Å². The van der Waals surface area contributed by atoms with Crippen molar-refractivity contribution in [3.05, 3.63) is 17.7 Å². The Hall–Kier alpha value is -2.24. The molecular formula is C17H26N2O4. The zero-order valence-corrected chi connectivity index (χ0v) is 14.3. The highest BCUT2D eigenvalue weighted by molar-refractivity contribution is 5.86. The van der Waals surface area contributed by atoms with Crippen LogP contribution in [0, 0.1) is 0 Å². The second kappa shape index (κ2) is 10.5. The molecule has 0 spiro atoms. The van der Waals surface area contributed by atoms with Crippen LogP contribution in [0.4, 0.5) is 0 Å². The van der Waals surface area contributed by atoms with Crippen molar-refractivity contribution in [1.29, 1.82) is 0 Å². The highest BCUT2D eigenvalue weighted by Crippen LogP contribution is 2.33. The van der Waals surface area contributed by atoms with Gasteiger partial charge in [0, 0.05) is 18.1 Å². The molecule has 0 saturated carbocycles. The van der Waals surface area contributed by atoms with Crippen molar-refractivity contribution in [2.45, 2.75) is 39.0 Å². The first kappa shape index (κ1) is 18.8. The number of amides is 1. The van der Waals surface area contributed by atoms with Gasteiger partial charge in [-0.2, -0.15) is 5.10 Å². The molecular weight excluding hydrogens is 296 g/mol. The summed E-state index contributed by atoms with van der Waals surface area (Å²) < 4.78 is 15.8. The van der Waals surface area contributed by atoms with E-state index in [1.54, 1.807) is 33.5 Å². The van der Waals surface area contributed by atoms with E-state index in [1.165, 1.54) is 6.21 Å². The molecule has 0 bridgehead atoms. The molecule has 0 heterocycles. The maximum absolute atomic E-state index is 11.7. The second-order valence-electron chi connectivity index (χ2n) is 5.05. The molecule has 1 aromatic rings. The summed E-state index contributed by atoms with van der Waals surface area (Å²) in [5, 5.41) is 3.98. The van der Waals surface area contributed by atoms with Gasteiger partial charge in [0.2, 0.25) is 5.91 Å². The highest BCUT2D eigenvalue weighted by atomic mass is 16.5. The summed E-state index contributed by atoms with van der Waals surface area (Å²) in [6.45, 7) is 2.14. The molecule has 0 atom stereocenters. The maximum atomic E-state index is 11.7. The summed E-state index contributed by atoms with van der Waals surface area (Å²) in [4.78, 5) is 11.7. The molecule has 1 rings (SSSR count). The van der Waals surface area contributed by atoms with Crippen LogP contribution in [0.15, 0.2) is 17.2 Å². The van der Waals surface area contributed by atoms with Crippen molar-refractivity contribution < 1.29 is 19.0 Å². The molecule has 1 amide bonds. The summed E-state index contributed by atoms with van der Waals surface area (Å²) in [7, 11) is 4.68. The SMILES string of the molecule is CCCCCCC(=O)NN=Cc1cc(OC)c(OC)cc1OC. The van der Waals surface area contributed by atoms with E-state index in [-0.39, 0.29) is 5.91 Å². The van der Waals surface area contributed by atoms with Gasteiger partial charge in [0.25, 0.3) is 0 Å². The van der Waals surface area contributed by atoms with Crippen molar-refractivity contribution in [3.63, 3.8) is 0 Å². The molecule has 0 aliphatic heterocycles. The molecule has 0 saturated heterocycles. The number of benzene rings is 1. The normalized spacial score (nSPS) is 10.6. The molecule has 6 heteroatoms. The first-order chi connectivity index (χ1) is 11.2. The van der Waals surface area contributed by atoms with E-state index < -0.39 is 0 Å². The molecule has 0 aromatic heterocycles. The van der Waals surface area contributed by atoms with E-state index in [9.17, 15) is 4.79 Å². The third-order valence-corrected chi connectivity index (χ3v) is 3.39. The molecule has 128 valence electrons. The number of nitrogens with zero attached hydrogens (tertiary/aromatic N) is 1. The van der Waals surface area contributed by atoms with Crippen molar-refractivity contribution >= 4 is 12.1 Å². The Kier molecular flexibility index (Phi) is 8.57. The predicted octanol–water partition coefficient (Wildman–Crippen LogP) is 3.13. The first-order valence-electron chi connectivity index (χ1n) is 7.78. The van der Waals surface area contributed by atoms with Gasteiger partial charge in [0.1, 0.15) is 5.75 Å². The number of carbonyl (C=O) groups excluding carboxylic acids is 1. The lowest BCUT2D eigenvalue weighted by atomic mass is 10.1. The van der Waals surface area contributed by atoms with Gasteiger partial charge in [0.05, 0.1) is 27.5 Å². The molecule has 1 N–H and O–H groups in total. The molecule has 0 unspecified atom stereocenters. The lowest BCUT2D eigenvalue weighted by Gasteiger charge is -2.11. The van der Waals surface area contributed by atoms with Gasteiger partial charge in [0.15, 0.2) is 11.5 Å². The van der Waals surface area contributed by atoms with Gasteiger partial charge >= 0.3 is 0 Å². The summed E-state index contributed by atoms with van der Waals surface area (Å²) in [5.74, 6) is 1.64. The summed E-state index contributed by atoms with van der Waals surface area (Å²) >= 11 is 0. The number of hydrazone groups is 1. The molecule has 0 fully saturated rings. The number of nitrogens with one attached hydrogen (secondary N) is 1. The van der Waals surface area contributed by atoms with Crippen LogP contribution >= 0.6 is 0 Å². The standard InChI is InChI=1S/C17H26N2O4/c1-5-6-7-8-9-17(20)19-18-12-13-10-15(22-3)16(23-4)11-14(13)21-2/h10-12H,5-9H2,1-4H3,(H,19,20). The Morgan fingerprint density at radius 3 is 2.30 bits per heavy atom. The Labute approximate surface area is 137 Å². The van der Waals surface area contributed by atoms with Gasteiger partial charge in [-0.1, -0.05) is 26.2 Å². The highest BCUT2D eigenvalue weighted by Gasteiger charge is 2.10. The van der Waals surface area contributed by atoms with E-state index in [0.717, 1.165) is 25.7 Å². The van der Waals surface area contributed by atoms with Crippen molar-refractivity contribution in [2.24, 2.45) is 5.10 Å². The van der Waals surface area contributed by atoms with Crippen molar-refractivity contribution in [1.82, 2.24) is 5.43 Å². The molecule has 0 radical (unpaired) electrons. The van der Waals surface area contributed by atoms with Crippen LogP contribution in [0.25, 0.3) is 0 Å². The Morgan fingerprint density at radius 1 is 1.04 bits per heavy atom. The summed E-state index contributed by atoms with van der Waals surface area (Å²) in [5.41, 5.74) is 3.22. The lowest BCUT2D eigenvalue weighted by Crippen LogP contribution is -2.17. The summed E-state index contributed by atoms with van der Waals surface area (Å²) in [6.07, 6.45) is 6.27. The van der Waals surface area contributed by atoms with Gasteiger partial charge in [-0.15, -0.1) is 0 Å². The fourth-order valence-electron chi connectivity index (χ4n) is 2.10. The maximum Gasteiger partial charge on any atom is 0.240 e. The quantitative estimate of drug-likeness (QED) is 0.408. The molecule has 0 aliphatic carbocycles. The number of rotatable bonds is 10. The number of methoxy groups -OCH3 is 3. The first-order valence-corrected chi connectivity index (χ1v) is 7.78. The van der Waals surface area contributed by atoms with Crippen LogP contribution in [-0.2, 0) is 4.79 Å². The van der Waals surface area contributed by atoms with Crippen LogP contribution in [-0.4, -0.2) is 33.5 Å². The van der Waals surface area contributed by atoms with E-state index in [4.69, 9.17) is 14.2 Å². The minimum atomic E-state index is -0.0863. The Morgan fingerprint density at radius 2 is 1.70 bits per heavy atom. The number of carbonyl (C=O) groups is 1.